The summed E-state index contributed by atoms with van der Waals surface area (Å²) < 4.78 is 6.32. The van der Waals surface area contributed by atoms with Crippen LogP contribution in [-0.4, -0.2) is 39.1 Å². The van der Waals surface area contributed by atoms with E-state index < -0.39 is 17.5 Å². The van der Waals surface area contributed by atoms with Gasteiger partial charge in [-0.15, -0.1) is 0 Å². The van der Waals surface area contributed by atoms with Crippen molar-refractivity contribution in [1.29, 1.82) is 0 Å². The van der Waals surface area contributed by atoms with Crippen LogP contribution in [0.4, 0.5) is 5.82 Å². The van der Waals surface area contributed by atoms with Gasteiger partial charge in [-0.25, -0.2) is 4.79 Å². The monoisotopic (exact) mass is 241 g/mol. The van der Waals surface area contributed by atoms with E-state index in [1.165, 1.54) is 12.3 Å². The van der Waals surface area contributed by atoms with Crippen LogP contribution < -0.4 is 11.4 Å². The molecule has 1 fully saturated rings. The predicted octanol–water partition coefficient (Wildman–Crippen LogP) is -1.36. The Morgan fingerprint density at radius 1 is 1.71 bits per heavy atom. The number of aliphatic hydroxyl groups is 2. The van der Waals surface area contributed by atoms with E-state index in [9.17, 15) is 15.0 Å². The molecule has 17 heavy (non-hydrogen) atoms. The third kappa shape index (κ3) is 2.04. The van der Waals surface area contributed by atoms with Crippen LogP contribution in [0.25, 0.3) is 0 Å². The fraction of sp³-hybridized carbons (Fsp3) is 0.600. The van der Waals surface area contributed by atoms with Crippen molar-refractivity contribution in [2.45, 2.75) is 24.7 Å². The predicted molar refractivity (Wildman–Crippen MR) is 59.2 cm³/mol. The van der Waals surface area contributed by atoms with Gasteiger partial charge >= 0.3 is 5.69 Å². The van der Waals surface area contributed by atoms with Crippen LogP contribution >= 0.6 is 0 Å². The molecule has 0 radical (unpaired) electrons. The lowest BCUT2D eigenvalue weighted by molar-refractivity contribution is -0.206. The third-order valence-electron chi connectivity index (χ3n) is 2.93. The smallest absolute Gasteiger partial charge is 0.351 e. The van der Waals surface area contributed by atoms with Crippen molar-refractivity contribution in [2.75, 3.05) is 18.9 Å². The molecule has 0 saturated carbocycles. The Bertz CT molecular complexity index is 461. The van der Waals surface area contributed by atoms with Crippen LogP contribution in [-0.2, 0) is 10.5 Å². The second-order valence-corrected chi connectivity index (χ2v) is 4.03. The molecule has 1 aromatic rings. The molecule has 2 rings (SSSR count). The van der Waals surface area contributed by atoms with E-state index in [1.54, 1.807) is 0 Å². The average molecular weight is 241 g/mol. The van der Waals surface area contributed by atoms with E-state index in [4.69, 9.17) is 10.5 Å². The number of anilines is 1. The lowest BCUT2D eigenvalue weighted by atomic mass is 9.98. The summed E-state index contributed by atoms with van der Waals surface area (Å²) in [7, 11) is 0. The van der Waals surface area contributed by atoms with Crippen molar-refractivity contribution in [3.8, 4) is 0 Å². The highest BCUT2D eigenvalue weighted by Crippen LogP contribution is 2.28. The maximum Gasteiger partial charge on any atom is 0.351 e. The summed E-state index contributed by atoms with van der Waals surface area (Å²) in [5, 5.41) is 19.7. The number of aromatic nitrogens is 2. The number of hydrogen-bond acceptors (Lipinski definition) is 6. The molecule has 1 aliphatic rings. The Hall–Kier alpha value is -1.44. The Morgan fingerprint density at radius 3 is 3.12 bits per heavy atom. The van der Waals surface area contributed by atoms with E-state index in [0.29, 0.717) is 19.4 Å². The van der Waals surface area contributed by atoms with Crippen molar-refractivity contribution >= 4 is 5.82 Å². The molecule has 1 aromatic heterocycles. The number of aliphatic hydroxyl groups excluding tert-OH is 1. The van der Waals surface area contributed by atoms with Gasteiger partial charge in [-0.3, -0.25) is 4.57 Å². The molecule has 0 aliphatic carbocycles. The van der Waals surface area contributed by atoms with Gasteiger partial charge in [0.25, 0.3) is 0 Å². The zero-order chi connectivity index (χ0) is 12.5. The molecule has 0 unspecified atom stereocenters. The van der Waals surface area contributed by atoms with Crippen LogP contribution in [0.1, 0.15) is 12.8 Å². The number of ether oxygens (including phenoxy) is 1. The van der Waals surface area contributed by atoms with E-state index in [1.807, 2.05) is 0 Å². The Labute approximate surface area is 97.5 Å². The van der Waals surface area contributed by atoms with Gasteiger partial charge in [0.2, 0.25) is 0 Å². The third-order valence-corrected chi connectivity index (χ3v) is 2.93. The Balaban J connectivity index is 2.45. The van der Waals surface area contributed by atoms with Gasteiger partial charge in [0, 0.05) is 19.2 Å². The lowest BCUT2D eigenvalue weighted by Crippen LogP contribution is -2.55. The van der Waals surface area contributed by atoms with Gasteiger partial charge < -0.3 is 20.7 Å². The number of nitrogens with two attached hydrogens (primary N) is 1. The van der Waals surface area contributed by atoms with Crippen molar-refractivity contribution in [1.82, 2.24) is 9.55 Å². The van der Waals surface area contributed by atoms with Gasteiger partial charge in [-0.2, -0.15) is 4.98 Å². The summed E-state index contributed by atoms with van der Waals surface area (Å²) in [4.78, 5) is 15.2. The normalized spacial score (nSPS) is 29.2. The molecule has 1 aliphatic heterocycles. The molecule has 0 bridgehead atoms. The van der Waals surface area contributed by atoms with Crippen molar-refractivity contribution in [3.05, 3.63) is 22.7 Å². The number of nitrogens with zero attached hydrogens (tertiary/aromatic N) is 2. The summed E-state index contributed by atoms with van der Waals surface area (Å²) in [6, 6.07) is 1.42. The van der Waals surface area contributed by atoms with Crippen LogP contribution in [0.3, 0.4) is 0 Å². The SMILES string of the molecule is Nc1ccn([C@@]2(O)CCCO[C@@H]2CO)c(=O)n1. The van der Waals surface area contributed by atoms with Crippen molar-refractivity contribution < 1.29 is 14.9 Å². The zero-order valence-electron chi connectivity index (χ0n) is 9.24. The number of nitrogen functional groups attached to an aromatic ring is 1. The highest BCUT2D eigenvalue weighted by molar-refractivity contribution is 5.23. The largest absolute Gasteiger partial charge is 0.393 e. The Morgan fingerprint density at radius 2 is 2.47 bits per heavy atom. The average Bonchev–Trinajstić information content (AvgIpc) is 2.29. The van der Waals surface area contributed by atoms with E-state index in [-0.39, 0.29) is 12.4 Å². The van der Waals surface area contributed by atoms with Crippen LogP contribution in [0.5, 0.6) is 0 Å². The first-order valence-corrected chi connectivity index (χ1v) is 5.38. The minimum Gasteiger partial charge on any atom is -0.393 e. The van der Waals surface area contributed by atoms with E-state index in [2.05, 4.69) is 4.98 Å². The first kappa shape index (κ1) is 12.0. The first-order chi connectivity index (χ1) is 8.08. The van der Waals surface area contributed by atoms with E-state index in [0.717, 1.165) is 4.57 Å². The van der Waals surface area contributed by atoms with Crippen LogP contribution in [0, 0.1) is 0 Å². The molecule has 1 saturated heterocycles. The highest BCUT2D eigenvalue weighted by atomic mass is 16.5. The topological polar surface area (TPSA) is 111 Å². The lowest BCUT2D eigenvalue weighted by Gasteiger charge is -2.39. The van der Waals surface area contributed by atoms with Crippen LogP contribution in [0.15, 0.2) is 17.1 Å². The van der Waals surface area contributed by atoms with Gasteiger partial charge in [-0.05, 0) is 12.5 Å². The van der Waals surface area contributed by atoms with Gasteiger partial charge in [0.1, 0.15) is 11.9 Å². The number of hydrogen-bond donors (Lipinski definition) is 3. The highest BCUT2D eigenvalue weighted by Gasteiger charge is 2.42. The molecule has 7 heteroatoms. The fourth-order valence-electron chi connectivity index (χ4n) is 2.04. The molecule has 2 heterocycles. The zero-order valence-corrected chi connectivity index (χ0v) is 9.24. The molecule has 0 amide bonds. The molecular formula is C10H15N3O4. The van der Waals surface area contributed by atoms with E-state index >= 15 is 0 Å². The second kappa shape index (κ2) is 4.44. The Kier molecular flexibility index (Phi) is 3.14. The fourth-order valence-corrected chi connectivity index (χ4v) is 2.04. The summed E-state index contributed by atoms with van der Waals surface area (Å²) in [6.07, 6.45) is 1.45. The maximum atomic E-state index is 11.7. The van der Waals surface area contributed by atoms with Crippen molar-refractivity contribution in [3.63, 3.8) is 0 Å². The number of rotatable bonds is 2. The molecule has 4 N–H and O–H groups in total. The minimum absolute atomic E-state index is 0.0899. The first-order valence-electron chi connectivity index (χ1n) is 5.38. The molecule has 94 valence electrons. The second-order valence-electron chi connectivity index (χ2n) is 4.03. The molecule has 2 atom stereocenters. The quantitative estimate of drug-likeness (QED) is 0.590. The van der Waals surface area contributed by atoms with Gasteiger partial charge in [0.15, 0.2) is 5.72 Å². The summed E-state index contributed by atoms with van der Waals surface area (Å²) in [5.41, 5.74) is 3.16. The summed E-state index contributed by atoms with van der Waals surface area (Å²) >= 11 is 0. The van der Waals surface area contributed by atoms with Gasteiger partial charge in [0.05, 0.1) is 6.61 Å². The van der Waals surface area contributed by atoms with Gasteiger partial charge in [-0.1, -0.05) is 0 Å². The maximum absolute atomic E-state index is 11.7. The molecule has 0 aromatic carbocycles. The standard InChI is InChI=1S/C10H15N3O4/c11-8-2-4-13(9(15)12-8)10(16)3-1-5-17-7(10)6-14/h2,4,7,14,16H,1,3,5-6H2,(H2,11,12,15)/t7-,10-/m1/s1. The molecule has 0 spiro atoms. The summed E-state index contributed by atoms with van der Waals surface area (Å²) in [6.45, 7) is 0.0814. The summed E-state index contributed by atoms with van der Waals surface area (Å²) in [5.74, 6) is 0.0899. The molecular weight excluding hydrogens is 226 g/mol. The molecule has 7 nitrogen and oxygen atoms in total. The van der Waals surface area contributed by atoms with Crippen molar-refractivity contribution in [2.24, 2.45) is 0 Å². The minimum atomic E-state index is -1.56. The van der Waals surface area contributed by atoms with Crippen LogP contribution in [0.2, 0.25) is 0 Å².